The Morgan fingerprint density at radius 3 is 2.22 bits per heavy atom. The van der Waals surface area contributed by atoms with E-state index in [1.807, 2.05) is 0 Å². The average Bonchev–Trinajstić information content (AvgIpc) is 2.14. The van der Waals surface area contributed by atoms with Crippen molar-refractivity contribution in [3.05, 3.63) is 12.2 Å². The number of esters is 1. The van der Waals surface area contributed by atoms with Crippen molar-refractivity contribution < 1.29 is 32.2 Å². The van der Waals surface area contributed by atoms with E-state index >= 15 is 0 Å². The maximum atomic E-state index is 13.4. The molecule has 3 nitrogen and oxygen atoms in total. The van der Waals surface area contributed by atoms with Gasteiger partial charge in [0.15, 0.2) is 5.60 Å². The topological polar surface area (TPSA) is 46.5 Å². The van der Waals surface area contributed by atoms with Crippen LogP contribution in [0.4, 0.5) is 17.6 Å². The Balaban J connectivity index is 4.54. The van der Waals surface area contributed by atoms with Gasteiger partial charge in [0, 0.05) is 11.5 Å². The van der Waals surface area contributed by atoms with Crippen molar-refractivity contribution in [2.24, 2.45) is 5.92 Å². The van der Waals surface area contributed by atoms with Crippen molar-refractivity contribution in [2.75, 3.05) is 0 Å². The third-order valence-corrected chi connectivity index (χ3v) is 2.35. The minimum absolute atomic E-state index is 0.0626. The first-order valence-electron chi connectivity index (χ1n) is 5.18. The second-order valence-electron chi connectivity index (χ2n) is 4.49. The van der Waals surface area contributed by atoms with Crippen LogP contribution >= 0.6 is 0 Å². The van der Waals surface area contributed by atoms with E-state index in [2.05, 4.69) is 11.3 Å². The Kier molecular flexibility index (Phi) is 5.34. The third-order valence-electron chi connectivity index (χ3n) is 2.35. The first-order chi connectivity index (χ1) is 7.88. The van der Waals surface area contributed by atoms with Crippen LogP contribution in [0, 0.1) is 5.92 Å². The van der Waals surface area contributed by atoms with E-state index < -0.39 is 36.4 Å². The summed E-state index contributed by atoms with van der Waals surface area (Å²) in [5, 5.41) is 9.16. The summed E-state index contributed by atoms with van der Waals surface area (Å²) in [6, 6.07) is 0. The lowest BCUT2D eigenvalue weighted by Crippen LogP contribution is -2.44. The number of rotatable bonds is 5. The van der Waals surface area contributed by atoms with Gasteiger partial charge in [-0.25, -0.2) is 9.18 Å². The van der Waals surface area contributed by atoms with Gasteiger partial charge < -0.3 is 9.84 Å². The zero-order chi connectivity index (χ0) is 14.7. The number of halogens is 4. The maximum Gasteiger partial charge on any atom is 0.416 e. The van der Waals surface area contributed by atoms with E-state index in [1.165, 1.54) is 6.92 Å². The average molecular weight is 272 g/mol. The van der Waals surface area contributed by atoms with Crippen LogP contribution in [0.1, 0.15) is 27.2 Å². The highest BCUT2D eigenvalue weighted by Gasteiger charge is 2.51. The lowest BCUT2D eigenvalue weighted by molar-refractivity contribution is -0.262. The normalized spacial score (nSPS) is 18.7. The van der Waals surface area contributed by atoms with E-state index in [-0.39, 0.29) is 5.57 Å². The Bertz CT molecular complexity index is 323. The summed E-state index contributed by atoms with van der Waals surface area (Å²) in [7, 11) is 0. The fourth-order valence-electron chi connectivity index (χ4n) is 1.15. The van der Waals surface area contributed by atoms with Crippen LogP contribution in [-0.2, 0) is 9.53 Å². The molecule has 0 aliphatic carbocycles. The van der Waals surface area contributed by atoms with Crippen LogP contribution in [0.3, 0.4) is 0 Å². The first kappa shape index (κ1) is 16.9. The van der Waals surface area contributed by atoms with Gasteiger partial charge in [0.2, 0.25) is 6.36 Å². The molecule has 0 bridgehead atoms. The zero-order valence-corrected chi connectivity index (χ0v) is 10.3. The monoisotopic (exact) mass is 272 g/mol. The fraction of sp³-hybridized carbons (Fsp3) is 0.727. The second kappa shape index (κ2) is 5.69. The van der Waals surface area contributed by atoms with E-state index in [0.717, 1.165) is 6.92 Å². The number of hydrogen-bond donors (Lipinski definition) is 1. The van der Waals surface area contributed by atoms with Crippen molar-refractivity contribution in [2.45, 2.75) is 45.3 Å². The van der Waals surface area contributed by atoms with E-state index in [4.69, 9.17) is 5.11 Å². The van der Waals surface area contributed by atoms with Crippen molar-refractivity contribution in [3.63, 3.8) is 0 Å². The highest BCUT2D eigenvalue weighted by Crippen LogP contribution is 2.36. The molecular weight excluding hydrogens is 256 g/mol. The predicted octanol–water partition coefficient (Wildman–Crippen LogP) is 2.74. The van der Waals surface area contributed by atoms with Crippen molar-refractivity contribution in [3.8, 4) is 0 Å². The largest absolute Gasteiger partial charge is 0.427 e. The molecule has 0 radical (unpaired) electrons. The lowest BCUT2D eigenvalue weighted by atomic mass is 9.92. The molecule has 0 aromatic rings. The van der Waals surface area contributed by atoms with Crippen LogP contribution in [0.2, 0.25) is 0 Å². The molecule has 1 N–H and O–H groups in total. The summed E-state index contributed by atoms with van der Waals surface area (Å²) in [4.78, 5) is 11.0. The van der Waals surface area contributed by atoms with Gasteiger partial charge in [0.25, 0.3) is 0 Å². The minimum Gasteiger partial charge on any atom is -0.427 e. The van der Waals surface area contributed by atoms with Gasteiger partial charge in [-0.1, -0.05) is 13.5 Å². The number of ether oxygens (including phenoxy) is 1. The van der Waals surface area contributed by atoms with E-state index in [0.29, 0.717) is 6.92 Å². The molecule has 0 heterocycles. The molecule has 106 valence electrons. The number of carbonyl (C=O) groups is 1. The Labute approximate surface area is 102 Å². The molecule has 3 unspecified atom stereocenters. The number of aliphatic hydroxyl groups is 1. The molecule has 18 heavy (non-hydrogen) atoms. The summed E-state index contributed by atoms with van der Waals surface area (Å²) >= 11 is 0. The van der Waals surface area contributed by atoms with Gasteiger partial charge in [-0.15, -0.1) is 0 Å². The number of hydrogen-bond acceptors (Lipinski definition) is 3. The molecule has 0 aromatic carbocycles. The van der Waals surface area contributed by atoms with Crippen molar-refractivity contribution in [1.82, 2.24) is 0 Å². The van der Waals surface area contributed by atoms with Crippen LogP contribution in [-0.4, -0.2) is 29.2 Å². The molecule has 0 fully saturated rings. The molecular formula is C11H16F4O3. The Hall–Kier alpha value is -1.11. The highest BCUT2D eigenvalue weighted by atomic mass is 19.4. The summed E-state index contributed by atoms with van der Waals surface area (Å²) in [5.74, 6) is -2.33. The molecule has 0 spiro atoms. The van der Waals surface area contributed by atoms with Gasteiger partial charge >= 0.3 is 12.1 Å². The smallest absolute Gasteiger partial charge is 0.416 e. The summed E-state index contributed by atoms with van der Waals surface area (Å²) in [5.41, 5.74) is -3.10. The number of carbonyl (C=O) groups excluding carboxylic acids is 1. The molecule has 0 aromatic heterocycles. The van der Waals surface area contributed by atoms with Crippen LogP contribution in [0.25, 0.3) is 0 Å². The second-order valence-corrected chi connectivity index (χ2v) is 4.49. The molecule has 0 aliphatic rings. The zero-order valence-electron chi connectivity index (χ0n) is 10.3. The molecule has 0 rings (SSSR count). The summed E-state index contributed by atoms with van der Waals surface area (Å²) in [6.07, 6.45) is -8.02. The van der Waals surface area contributed by atoms with Crippen molar-refractivity contribution in [1.29, 1.82) is 0 Å². The molecule has 7 heteroatoms. The van der Waals surface area contributed by atoms with Crippen LogP contribution in [0.15, 0.2) is 12.2 Å². The minimum atomic E-state index is -4.88. The van der Waals surface area contributed by atoms with Crippen molar-refractivity contribution >= 4 is 5.97 Å². The van der Waals surface area contributed by atoms with Gasteiger partial charge in [-0.3, -0.25) is 0 Å². The van der Waals surface area contributed by atoms with Crippen LogP contribution in [0.5, 0.6) is 0 Å². The molecule has 0 saturated heterocycles. The van der Waals surface area contributed by atoms with Gasteiger partial charge in [0.05, 0.1) is 0 Å². The molecule has 0 saturated carbocycles. The lowest BCUT2D eigenvalue weighted by Gasteiger charge is -2.29. The summed E-state index contributed by atoms with van der Waals surface area (Å²) < 4.78 is 54.7. The molecule has 3 atom stereocenters. The maximum absolute atomic E-state index is 13.4. The molecule has 0 amide bonds. The Morgan fingerprint density at radius 2 is 1.89 bits per heavy atom. The standard InChI is InChI=1S/C11H16F4O3/c1-6(2)9(16)18-8(12)7(3)5-10(4,17)11(13,14)15/h7-8,17H,1,5H2,2-4H3. The quantitative estimate of drug-likeness (QED) is 0.475. The van der Waals surface area contributed by atoms with E-state index in [1.54, 1.807) is 0 Å². The predicted molar refractivity (Wildman–Crippen MR) is 56.3 cm³/mol. The SMILES string of the molecule is C=C(C)C(=O)OC(F)C(C)CC(C)(O)C(F)(F)F. The third kappa shape index (κ3) is 4.64. The first-order valence-corrected chi connectivity index (χ1v) is 5.18. The highest BCUT2D eigenvalue weighted by molar-refractivity contribution is 5.87. The number of alkyl halides is 4. The fourth-order valence-corrected chi connectivity index (χ4v) is 1.15. The Morgan fingerprint density at radius 1 is 1.44 bits per heavy atom. The van der Waals surface area contributed by atoms with E-state index in [9.17, 15) is 22.4 Å². The van der Waals surface area contributed by atoms with Gasteiger partial charge in [-0.05, 0) is 20.3 Å². The van der Waals surface area contributed by atoms with Gasteiger partial charge in [0.1, 0.15) is 0 Å². The van der Waals surface area contributed by atoms with Crippen LogP contribution < -0.4 is 0 Å². The van der Waals surface area contributed by atoms with Gasteiger partial charge in [-0.2, -0.15) is 13.2 Å². The summed E-state index contributed by atoms with van der Waals surface area (Å²) in [6.45, 7) is 6.14. The molecule has 0 aliphatic heterocycles.